The van der Waals surface area contributed by atoms with Crippen molar-refractivity contribution in [3.05, 3.63) is 23.0 Å². The smallest absolute Gasteiger partial charge is 0.129 e. The van der Waals surface area contributed by atoms with Crippen LogP contribution in [-0.2, 0) is 0 Å². The summed E-state index contributed by atoms with van der Waals surface area (Å²) in [6.45, 7) is 1.73. The van der Waals surface area contributed by atoms with E-state index in [0.29, 0.717) is 17.2 Å². The van der Waals surface area contributed by atoms with Crippen LogP contribution in [0.25, 0.3) is 0 Å². The van der Waals surface area contributed by atoms with Gasteiger partial charge >= 0.3 is 0 Å². The Morgan fingerprint density at radius 1 is 1.77 bits per heavy atom. The summed E-state index contributed by atoms with van der Waals surface area (Å²) in [5.74, 6) is 0. The maximum Gasteiger partial charge on any atom is 0.129 e. The molecule has 0 bridgehead atoms. The van der Waals surface area contributed by atoms with E-state index >= 15 is 0 Å². The minimum Gasteiger partial charge on any atom is -0.357 e. The molecule has 2 N–H and O–H groups in total. The number of pyridine rings is 1. The summed E-state index contributed by atoms with van der Waals surface area (Å²) in [6, 6.07) is 1.70. The molecule has 1 rings (SSSR count). The van der Waals surface area contributed by atoms with Gasteiger partial charge in [-0.25, -0.2) is 4.98 Å². The third-order valence-electron chi connectivity index (χ3n) is 1.46. The first-order chi connectivity index (χ1) is 6.15. The molecule has 0 saturated carbocycles. The summed E-state index contributed by atoms with van der Waals surface area (Å²) in [5.41, 5.74) is 2.16. The Hall–Kier alpha value is 0.0700. The van der Waals surface area contributed by atoms with Gasteiger partial charge in [0, 0.05) is 17.6 Å². The molecule has 13 heavy (non-hydrogen) atoms. The standard InChI is InChI=1S/C7H8ClIN3P/c1-4(10)5-2-7(8)11-3-6(5)12-13-9/h2-3,10,12-13H,1H3. The van der Waals surface area contributed by atoms with Gasteiger partial charge in [0.05, 0.1) is 11.9 Å². The van der Waals surface area contributed by atoms with Crippen LogP contribution in [0.1, 0.15) is 12.5 Å². The Morgan fingerprint density at radius 2 is 2.46 bits per heavy atom. The lowest BCUT2D eigenvalue weighted by Gasteiger charge is -2.07. The van der Waals surface area contributed by atoms with Gasteiger partial charge < -0.3 is 10.5 Å². The van der Waals surface area contributed by atoms with E-state index in [1.54, 1.807) is 19.2 Å². The average Bonchev–Trinajstić information content (AvgIpc) is 2.08. The number of nitrogens with zero attached hydrogens (tertiary/aromatic N) is 1. The Labute approximate surface area is 96.5 Å². The predicted octanol–water partition coefficient (Wildman–Crippen LogP) is 3.48. The van der Waals surface area contributed by atoms with Crippen molar-refractivity contribution in [1.29, 1.82) is 5.41 Å². The maximum absolute atomic E-state index is 7.53. The Morgan fingerprint density at radius 3 is 3.00 bits per heavy atom. The minimum absolute atomic E-state index is 0.420. The molecule has 0 radical (unpaired) electrons. The van der Waals surface area contributed by atoms with E-state index in [9.17, 15) is 0 Å². The molecular weight excluding hydrogens is 319 g/mol. The van der Waals surface area contributed by atoms with Crippen molar-refractivity contribution < 1.29 is 0 Å². The quantitative estimate of drug-likeness (QED) is 0.386. The van der Waals surface area contributed by atoms with Crippen LogP contribution in [0, 0.1) is 5.41 Å². The first kappa shape index (κ1) is 11.1. The van der Waals surface area contributed by atoms with E-state index in [4.69, 9.17) is 17.0 Å². The molecule has 1 aromatic heterocycles. The molecule has 0 saturated heterocycles. The van der Waals surface area contributed by atoms with Crippen molar-refractivity contribution in [2.75, 3.05) is 5.09 Å². The highest BCUT2D eigenvalue weighted by atomic mass is 127. The van der Waals surface area contributed by atoms with Gasteiger partial charge in [-0.05, 0) is 35.0 Å². The number of rotatable bonds is 3. The van der Waals surface area contributed by atoms with Crippen molar-refractivity contribution in [3.63, 3.8) is 0 Å². The number of aromatic nitrogens is 1. The van der Waals surface area contributed by atoms with Crippen LogP contribution >= 0.6 is 40.0 Å². The zero-order valence-electron chi connectivity index (χ0n) is 6.86. The highest BCUT2D eigenvalue weighted by molar-refractivity contribution is 14.2. The first-order valence-electron chi connectivity index (χ1n) is 3.48. The fraction of sp³-hybridized carbons (Fsp3) is 0.143. The van der Waals surface area contributed by atoms with Gasteiger partial charge in [0.1, 0.15) is 5.15 Å². The molecule has 1 aromatic rings. The lowest BCUT2D eigenvalue weighted by Crippen LogP contribution is -1.98. The number of hydrogen-bond acceptors (Lipinski definition) is 3. The van der Waals surface area contributed by atoms with Gasteiger partial charge in [0.25, 0.3) is 0 Å². The van der Waals surface area contributed by atoms with Crippen molar-refractivity contribution in [2.24, 2.45) is 0 Å². The van der Waals surface area contributed by atoms with Crippen LogP contribution in [0.5, 0.6) is 0 Å². The highest BCUT2D eigenvalue weighted by Gasteiger charge is 2.05. The van der Waals surface area contributed by atoms with Crippen LogP contribution in [0.4, 0.5) is 5.69 Å². The first-order valence-corrected chi connectivity index (χ1v) is 7.97. The molecule has 0 aliphatic heterocycles. The maximum atomic E-state index is 7.53. The lowest BCUT2D eigenvalue weighted by atomic mass is 10.1. The van der Waals surface area contributed by atoms with Crippen molar-refractivity contribution >= 4 is 51.4 Å². The van der Waals surface area contributed by atoms with E-state index in [1.165, 1.54) is 0 Å². The Balaban J connectivity index is 3.10. The molecule has 6 heteroatoms. The molecule has 0 amide bonds. The summed E-state index contributed by atoms with van der Waals surface area (Å²) in [7, 11) is 0. The van der Waals surface area contributed by atoms with Crippen molar-refractivity contribution in [3.8, 4) is 0 Å². The topological polar surface area (TPSA) is 48.8 Å². The monoisotopic (exact) mass is 327 g/mol. The van der Waals surface area contributed by atoms with Crippen LogP contribution in [0.15, 0.2) is 12.3 Å². The fourth-order valence-corrected chi connectivity index (χ4v) is 2.22. The summed E-state index contributed by atoms with van der Waals surface area (Å²) in [6.07, 6.45) is 2.22. The number of halogens is 2. The van der Waals surface area contributed by atoms with Gasteiger partial charge in [0.15, 0.2) is 0 Å². The van der Waals surface area contributed by atoms with Gasteiger partial charge in [-0.1, -0.05) is 11.6 Å². The molecule has 0 spiro atoms. The second-order valence-electron chi connectivity index (χ2n) is 2.40. The van der Waals surface area contributed by atoms with E-state index in [-0.39, 0.29) is 0 Å². The lowest BCUT2D eigenvalue weighted by molar-refractivity contribution is 1.31. The van der Waals surface area contributed by atoms with Crippen molar-refractivity contribution in [1.82, 2.24) is 4.98 Å². The average molecular weight is 327 g/mol. The number of anilines is 1. The molecule has 70 valence electrons. The number of hydrogen-bond donors (Lipinski definition) is 2. The molecule has 3 nitrogen and oxygen atoms in total. The Bertz CT molecular complexity index is 332. The number of nitrogens with one attached hydrogen (secondary N) is 2. The molecule has 1 atom stereocenters. The summed E-state index contributed by atoms with van der Waals surface area (Å²) < 4.78 is 0. The third kappa shape index (κ3) is 3.04. The summed E-state index contributed by atoms with van der Waals surface area (Å²) in [4.78, 5) is 3.95. The van der Waals surface area contributed by atoms with Crippen molar-refractivity contribution in [2.45, 2.75) is 6.92 Å². The van der Waals surface area contributed by atoms with Crippen LogP contribution < -0.4 is 5.09 Å². The Kier molecular flexibility index (Phi) is 4.35. The highest BCUT2D eigenvalue weighted by Crippen LogP contribution is 2.27. The summed E-state index contributed by atoms with van der Waals surface area (Å²) in [5, 5.41) is 11.1. The predicted molar refractivity (Wildman–Crippen MR) is 67.7 cm³/mol. The minimum atomic E-state index is 0.420. The molecule has 0 aliphatic rings. The zero-order chi connectivity index (χ0) is 9.84. The molecule has 0 aliphatic carbocycles. The van der Waals surface area contributed by atoms with Crippen LogP contribution in [-0.4, -0.2) is 10.7 Å². The van der Waals surface area contributed by atoms with Crippen LogP contribution in [0.2, 0.25) is 5.15 Å². The second-order valence-corrected chi connectivity index (χ2v) is 4.84. The van der Waals surface area contributed by atoms with E-state index in [0.717, 1.165) is 11.3 Å². The second kappa shape index (κ2) is 5.08. The molecule has 1 heterocycles. The molecule has 1 unspecified atom stereocenters. The zero-order valence-corrected chi connectivity index (χ0v) is 10.8. The van der Waals surface area contributed by atoms with Gasteiger partial charge in [-0.3, -0.25) is 0 Å². The van der Waals surface area contributed by atoms with E-state index in [2.05, 4.69) is 32.1 Å². The van der Waals surface area contributed by atoms with Gasteiger partial charge in [0.2, 0.25) is 0 Å². The van der Waals surface area contributed by atoms with E-state index < -0.39 is 0 Å². The molecule has 0 aromatic carbocycles. The molecular formula is C7H8ClIN3P. The normalized spacial score (nSPS) is 10.7. The third-order valence-corrected chi connectivity index (χ3v) is 2.84. The van der Waals surface area contributed by atoms with Gasteiger partial charge in [-0.2, -0.15) is 0 Å². The fourth-order valence-electron chi connectivity index (χ4n) is 0.891. The molecule has 0 fully saturated rings. The van der Waals surface area contributed by atoms with E-state index in [1.807, 2.05) is 0 Å². The van der Waals surface area contributed by atoms with Crippen LogP contribution in [0.3, 0.4) is 0 Å². The van der Waals surface area contributed by atoms with Gasteiger partial charge in [-0.15, -0.1) is 0 Å². The SMILES string of the molecule is CC(=N)c1cc(Cl)ncc1NPI. The summed E-state index contributed by atoms with van der Waals surface area (Å²) >= 11 is 7.95. The largest absolute Gasteiger partial charge is 0.357 e.